The monoisotopic (exact) mass is 536 g/mol. The minimum atomic E-state index is 0.649. The number of nitrogens with zero attached hydrogens (tertiary/aromatic N) is 3. The third-order valence-electron chi connectivity index (χ3n) is 6.43. The Balaban J connectivity index is 0.000000163. The summed E-state index contributed by atoms with van der Waals surface area (Å²) in [7, 11) is 3.81. The molecule has 5 aromatic rings. The van der Waals surface area contributed by atoms with Gasteiger partial charge in [0.15, 0.2) is 0 Å². The third kappa shape index (κ3) is 7.78. The van der Waals surface area contributed by atoms with Crippen LogP contribution in [0.2, 0.25) is 0 Å². The van der Waals surface area contributed by atoms with Gasteiger partial charge in [-0.05, 0) is 86.2 Å². The first-order valence-electron chi connectivity index (χ1n) is 12.9. The van der Waals surface area contributed by atoms with Crippen molar-refractivity contribution >= 4 is 40.1 Å². The van der Waals surface area contributed by atoms with E-state index in [1.54, 1.807) is 25.3 Å². The van der Waals surface area contributed by atoms with E-state index >= 15 is 0 Å². The number of fused-ring (bicyclic) bond motifs is 2. The highest BCUT2D eigenvalue weighted by atomic mass is 32.2. The zero-order chi connectivity index (χ0) is 27.5. The smallest absolute Gasteiger partial charge is 0.150 e. The molecule has 0 amide bonds. The van der Waals surface area contributed by atoms with Crippen molar-refractivity contribution in [1.29, 1.82) is 5.26 Å². The van der Waals surface area contributed by atoms with Crippen LogP contribution < -0.4 is 0 Å². The van der Waals surface area contributed by atoms with Gasteiger partial charge in [0.1, 0.15) is 12.1 Å². The number of carbonyl (C=O) groups is 1. The van der Waals surface area contributed by atoms with E-state index in [-0.39, 0.29) is 0 Å². The summed E-state index contributed by atoms with van der Waals surface area (Å²) < 4.78 is 4.84. The fourth-order valence-electron chi connectivity index (χ4n) is 4.39. The second-order valence-electron chi connectivity index (χ2n) is 9.26. The van der Waals surface area contributed by atoms with Crippen molar-refractivity contribution in [2.75, 3.05) is 27.2 Å². The zero-order valence-corrected chi connectivity index (χ0v) is 23.1. The van der Waals surface area contributed by atoms with Crippen LogP contribution in [0.5, 0.6) is 0 Å². The van der Waals surface area contributed by atoms with E-state index in [4.69, 9.17) is 9.44 Å². The predicted molar refractivity (Wildman–Crippen MR) is 160 cm³/mol. The molecule has 4 aromatic carbocycles. The Bertz CT molecular complexity index is 1550. The number of hydrogen-bond donors (Lipinski definition) is 1. The minimum absolute atomic E-state index is 0.649. The van der Waals surface area contributed by atoms with Crippen LogP contribution in [0.25, 0.3) is 33.2 Å². The molecule has 6 nitrogen and oxygen atoms in total. The largest absolute Gasteiger partial charge is 0.338 e. The number of nitrogens with one attached hydrogen (secondary N) is 1. The lowest BCUT2D eigenvalue weighted by Crippen LogP contribution is -2.24. The van der Waals surface area contributed by atoms with Gasteiger partial charge in [0.05, 0.1) is 29.8 Å². The highest BCUT2D eigenvalue weighted by Gasteiger charge is 2.09. The maximum Gasteiger partial charge on any atom is 0.150 e. The van der Waals surface area contributed by atoms with Gasteiger partial charge >= 0.3 is 0 Å². The number of carbonyl (C=O) groups excluding carboxylic acids is 1. The van der Waals surface area contributed by atoms with Crippen LogP contribution in [0.3, 0.4) is 0 Å². The normalized spacial score (nSPS) is 13.1. The minimum Gasteiger partial charge on any atom is -0.338 e. The Kier molecular flexibility index (Phi) is 10.3. The number of nitriles is 1. The van der Waals surface area contributed by atoms with Crippen LogP contribution in [0.15, 0.2) is 89.8 Å². The molecule has 0 saturated carbocycles. The number of aromatic nitrogens is 2. The highest BCUT2D eigenvalue weighted by molar-refractivity contribution is 7.94. The molecule has 0 radical (unpaired) electrons. The molecule has 0 bridgehead atoms. The summed E-state index contributed by atoms with van der Waals surface area (Å²) in [6.45, 7) is 2.64. The molecule has 1 saturated heterocycles. The Hall–Kier alpha value is -3.96. The number of aromatic amines is 1. The maximum absolute atomic E-state index is 10.9. The van der Waals surface area contributed by atoms with E-state index in [9.17, 15) is 4.79 Å². The Labute approximate surface area is 233 Å². The van der Waals surface area contributed by atoms with Crippen molar-refractivity contribution in [1.82, 2.24) is 14.9 Å². The highest BCUT2D eigenvalue weighted by Crippen LogP contribution is 2.28. The number of piperidine rings is 1. The maximum atomic E-state index is 10.9. The van der Waals surface area contributed by atoms with E-state index in [1.807, 2.05) is 48.5 Å². The van der Waals surface area contributed by atoms with Gasteiger partial charge in [0, 0.05) is 28.1 Å². The van der Waals surface area contributed by atoms with E-state index in [0.717, 1.165) is 39.0 Å². The number of H-pyrrole nitrogens is 1. The van der Waals surface area contributed by atoms with Crippen molar-refractivity contribution in [3.63, 3.8) is 0 Å². The third-order valence-corrected chi connectivity index (χ3v) is 7.06. The number of aldehydes is 1. The summed E-state index contributed by atoms with van der Waals surface area (Å²) in [4.78, 5) is 22.2. The summed E-state index contributed by atoms with van der Waals surface area (Å²) >= 11 is 1.29. The van der Waals surface area contributed by atoms with Gasteiger partial charge in [0.2, 0.25) is 0 Å². The molecule has 1 aromatic heterocycles. The molecule has 1 aliphatic rings. The molecule has 1 aliphatic heterocycles. The van der Waals surface area contributed by atoms with Gasteiger partial charge in [-0.15, -0.1) is 0 Å². The number of likely N-dealkylation sites (tertiary alicyclic amines) is 1. The summed E-state index contributed by atoms with van der Waals surface area (Å²) in [5.74, 6) is 0.824. The Morgan fingerprint density at radius 3 is 2.38 bits per heavy atom. The van der Waals surface area contributed by atoms with Crippen LogP contribution >= 0.6 is 12.0 Å². The molecule has 39 heavy (non-hydrogen) atoms. The number of imidazole rings is 1. The van der Waals surface area contributed by atoms with E-state index < -0.39 is 0 Å². The average Bonchev–Trinajstić information content (AvgIpc) is 3.42. The first-order chi connectivity index (χ1) is 19.1. The second kappa shape index (κ2) is 14.3. The fraction of sp³-hybridized carbons (Fsp3) is 0.219. The summed E-state index contributed by atoms with van der Waals surface area (Å²) in [6.07, 6.45) is 5.12. The quantitative estimate of drug-likeness (QED) is 0.189. The lowest BCUT2D eigenvalue weighted by Gasteiger charge is -2.20. The fourth-order valence-corrected chi connectivity index (χ4v) is 4.83. The summed E-state index contributed by atoms with van der Waals surface area (Å²) in [5, 5.41) is 10.8. The average molecular weight is 537 g/mol. The van der Waals surface area contributed by atoms with Gasteiger partial charge in [0.25, 0.3) is 0 Å². The van der Waals surface area contributed by atoms with Crippen LogP contribution in [0, 0.1) is 11.3 Å². The van der Waals surface area contributed by atoms with Crippen molar-refractivity contribution < 1.29 is 8.98 Å². The summed E-state index contributed by atoms with van der Waals surface area (Å²) in [6, 6.07) is 29.2. The number of benzene rings is 4. The van der Waals surface area contributed by atoms with Gasteiger partial charge in [-0.1, -0.05) is 48.9 Å². The summed E-state index contributed by atoms with van der Waals surface area (Å²) in [5.41, 5.74) is 4.13. The predicted octanol–water partition coefficient (Wildman–Crippen LogP) is 7.51. The molecule has 1 N–H and O–H groups in total. The van der Waals surface area contributed by atoms with Crippen LogP contribution in [0.4, 0.5) is 0 Å². The Morgan fingerprint density at radius 1 is 0.974 bits per heavy atom. The van der Waals surface area contributed by atoms with Crippen molar-refractivity contribution in [3.8, 4) is 17.5 Å². The first kappa shape index (κ1) is 28.1. The molecular formula is C32H32N4O2S. The van der Waals surface area contributed by atoms with Gasteiger partial charge < -0.3 is 14.1 Å². The molecule has 6 rings (SSSR count). The number of rotatable bonds is 4. The second-order valence-corrected chi connectivity index (χ2v) is 10.2. The standard InChI is InChI=1S/C18H12N2O.C8H7NOS.C6H13N/c21-11-12-8-9-16-17(10-12)20-18(19-16)15-7-3-5-13-4-1-2-6-14(13)15;1-10-11-8-4-2-7(6-9)3-5-8;1-7-5-3-2-4-6-7/h1-11H,(H,19,20);2-5H,1H3;2-6H2,1H3. The lowest BCUT2D eigenvalue weighted by atomic mass is 10.0. The topological polar surface area (TPSA) is 82.0 Å². The SMILES string of the molecule is CN1CCCCC1.COSc1ccc(C#N)cc1.O=Cc1ccc2nc(-c3cccc4ccccc34)[nH]c2c1. The van der Waals surface area contributed by atoms with Crippen LogP contribution in [0.1, 0.15) is 35.2 Å². The number of hydrogen-bond acceptors (Lipinski definition) is 6. The molecular weight excluding hydrogens is 504 g/mol. The first-order valence-corrected chi connectivity index (χ1v) is 13.7. The van der Waals surface area contributed by atoms with Gasteiger partial charge in [-0.3, -0.25) is 4.79 Å². The molecule has 0 atom stereocenters. The van der Waals surface area contributed by atoms with E-state index in [2.05, 4.69) is 46.2 Å². The van der Waals surface area contributed by atoms with E-state index in [0.29, 0.717) is 11.1 Å². The Morgan fingerprint density at radius 2 is 1.72 bits per heavy atom. The molecule has 1 fully saturated rings. The van der Waals surface area contributed by atoms with Gasteiger partial charge in [-0.25, -0.2) is 4.98 Å². The molecule has 0 aliphatic carbocycles. The van der Waals surface area contributed by atoms with E-state index in [1.165, 1.54) is 49.8 Å². The van der Waals surface area contributed by atoms with Crippen LogP contribution in [-0.2, 0) is 4.18 Å². The van der Waals surface area contributed by atoms with Crippen molar-refractivity contribution in [2.24, 2.45) is 0 Å². The lowest BCUT2D eigenvalue weighted by molar-refractivity contribution is 0.112. The van der Waals surface area contributed by atoms with Crippen LogP contribution in [-0.4, -0.2) is 48.4 Å². The molecule has 0 unspecified atom stereocenters. The molecule has 198 valence electrons. The van der Waals surface area contributed by atoms with Crippen molar-refractivity contribution in [2.45, 2.75) is 24.2 Å². The molecule has 0 spiro atoms. The molecule has 2 heterocycles. The van der Waals surface area contributed by atoms with Crippen molar-refractivity contribution in [3.05, 3.63) is 96.1 Å². The zero-order valence-electron chi connectivity index (χ0n) is 22.3. The van der Waals surface area contributed by atoms with Gasteiger partial charge in [-0.2, -0.15) is 5.26 Å². The molecule has 7 heteroatoms.